The van der Waals surface area contributed by atoms with Crippen LogP contribution in [0.3, 0.4) is 0 Å². The van der Waals surface area contributed by atoms with Gasteiger partial charge >= 0.3 is 0 Å². The van der Waals surface area contributed by atoms with Crippen molar-refractivity contribution in [3.05, 3.63) is 24.6 Å². The summed E-state index contributed by atoms with van der Waals surface area (Å²) in [4.78, 5) is 6.65. The van der Waals surface area contributed by atoms with Crippen LogP contribution >= 0.6 is 0 Å². The molecule has 0 aromatic carbocycles. The highest BCUT2D eigenvalue weighted by Gasteiger charge is 2.03. The van der Waals surface area contributed by atoms with Crippen molar-refractivity contribution in [1.82, 2.24) is 4.90 Å². The van der Waals surface area contributed by atoms with Crippen LogP contribution in [0.4, 0.5) is 0 Å². The molecule has 0 bridgehead atoms. The van der Waals surface area contributed by atoms with Crippen molar-refractivity contribution in [2.75, 3.05) is 13.1 Å². The third-order valence-electron chi connectivity index (χ3n) is 2.45. The molecule has 0 aliphatic rings. The third-order valence-corrected chi connectivity index (χ3v) is 2.45. The van der Waals surface area contributed by atoms with Gasteiger partial charge in [0.2, 0.25) is 0 Å². The van der Waals surface area contributed by atoms with Crippen LogP contribution in [0.15, 0.2) is 29.5 Å². The fourth-order valence-electron chi connectivity index (χ4n) is 1.47. The summed E-state index contributed by atoms with van der Waals surface area (Å²) in [6, 6.07) is 0. The SMILES string of the molecule is C=C(/N=C\C=C/C(C)C)N(CCC)CCCC. The highest BCUT2D eigenvalue weighted by Crippen LogP contribution is 2.06. The molecule has 2 nitrogen and oxygen atoms in total. The fourth-order valence-corrected chi connectivity index (χ4v) is 1.47. The number of nitrogens with zero attached hydrogens (tertiary/aromatic N) is 2. The average molecular weight is 236 g/mol. The van der Waals surface area contributed by atoms with Gasteiger partial charge in [0.15, 0.2) is 0 Å². The van der Waals surface area contributed by atoms with Gasteiger partial charge in [-0.25, -0.2) is 4.99 Å². The first-order valence-electron chi connectivity index (χ1n) is 6.76. The zero-order valence-electron chi connectivity index (χ0n) is 11.9. The minimum absolute atomic E-state index is 0.571. The van der Waals surface area contributed by atoms with Gasteiger partial charge in [-0.1, -0.05) is 46.8 Å². The van der Waals surface area contributed by atoms with Crippen molar-refractivity contribution in [3.8, 4) is 0 Å². The Morgan fingerprint density at radius 2 is 1.94 bits per heavy atom. The van der Waals surface area contributed by atoms with Gasteiger partial charge < -0.3 is 4.90 Å². The van der Waals surface area contributed by atoms with Crippen molar-refractivity contribution in [2.45, 2.75) is 47.0 Å². The van der Waals surface area contributed by atoms with Crippen molar-refractivity contribution in [2.24, 2.45) is 10.9 Å². The Morgan fingerprint density at radius 3 is 2.47 bits per heavy atom. The van der Waals surface area contributed by atoms with Gasteiger partial charge in [-0.05, 0) is 24.8 Å². The molecule has 0 fully saturated rings. The summed E-state index contributed by atoms with van der Waals surface area (Å²) in [5.41, 5.74) is 0. The molecular weight excluding hydrogens is 208 g/mol. The maximum Gasteiger partial charge on any atom is 0.121 e. The van der Waals surface area contributed by atoms with E-state index in [-0.39, 0.29) is 0 Å². The smallest absolute Gasteiger partial charge is 0.121 e. The Kier molecular flexibility index (Phi) is 9.50. The van der Waals surface area contributed by atoms with Gasteiger partial charge in [0.1, 0.15) is 5.82 Å². The van der Waals surface area contributed by atoms with Gasteiger partial charge in [-0.15, -0.1) is 0 Å². The molecule has 0 atom stereocenters. The molecule has 0 spiro atoms. The molecular formula is C15H28N2. The molecule has 0 amide bonds. The molecule has 0 radical (unpaired) electrons. The Balaban J connectivity index is 4.21. The van der Waals surface area contributed by atoms with Crippen LogP contribution < -0.4 is 0 Å². The lowest BCUT2D eigenvalue weighted by molar-refractivity contribution is 0.336. The number of hydrogen-bond donors (Lipinski definition) is 0. The van der Waals surface area contributed by atoms with E-state index < -0.39 is 0 Å². The van der Waals surface area contributed by atoms with Crippen LogP contribution in [0.1, 0.15) is 47.0 Å². The van der Waals surface area contributed by atoms with E-state index >= 15 is 0 Å². The van der Waals surface area contributed by atoms with Crippen molar-refractivity contribution >= 4 is 6.21 Å². The second-order valence-corrected chi connectivity index (χ2v) is 4.66. The Morgan fingerprint density at radius 1 is 1.24 bits per heavy atom. The van der Waals surface area contributed by atoms with E-state index in [9.17, 15) is 0 Å². The third kappa shape index (κ3) is 8.73. The predicted octanol–water partition coefficient (Wildman–Crippen LogP) is 4.25. The van der Waals surface area contributed by atoms with Gasteiger partial charge in [-0.2, -0.15) is 0 Å². The lowest BCUT2D eigenvalue weighted by Crippen LogP contribution is -2.23. The molecule has 0 heterocycles. The number of hydrogen-bond acceptors (Lipinski definition) is 2. The van der Waals surface area contributed by atoms with E-state index in [0.29, 0.717) is 5.92 Å². The number of unbranched alkanes of at least 4 members (excludes halogenated alkanes) is 1. The summed E-state index contributed by atoms with van der Waals surface area (Å²) in [7, 11) is 0. The van der Waals surface area contributed by atoms with E-state index in [1.165, 1.54) is 12.8 Å². The van der Waals surface area contributed by atoms with Gasteiger partial charge in [0.05, 0.1) is 0 Å². The van der Waals surface area contributed by atoms with Crippen molar-refractivity contribution < 1.29 is 0 Å². The average Bonchev–Trinajstić information content (AvgIpc) is 2.29. The second-order valence-electron chi connectivity index (χ2n) is 4.66. The molecule has 98 valence electrons. The summed E-state index contributed by atoms with van der Waals surface area (Å²) in [6.45, 7) is 14.9. The monoisotopic (exact) mass is 236 g/mol. The Labute approximate surface area is 107 Å². The van der Waals surface area contributed by atoms with Crippen molar-refractivity contribution in [3.63, 3.8) is 0 Å². The van der Waals surface area contributed by atoms with Crippen LogP contribution in [0.2, 0.25) is 0 Å². The molecule has 0 aliphatic carbocycles. The topological polar surface area (TPSA) is 15.6 Å². The van der Waals surface area contributed by atoms with Crippen LogP contribution in [-0.4, -0.2) is 24.2 Å². The molecule has 0 aliphatic heterocycles. The van der Waals surface area contributed by atoms with E-state index in [1.54, 1.807) is 0 Å². The van der Waals surface area contributed by atoms with E-state index in [4.69, 9.17) is 0 Å². The summed E-state index contributed by atoms with van der Waals surface area (Å²) in [5.74, 6) is 1.45. The van der Waals surface area contributed by atoms with E-state index in [2.05, 4.69) is 50.2 Å². The first kappa shape index (κ1) is 16.0. The quantitative estimate of drug-likeness (QED) is 0.546. The zero-order valence-corrected chi connectivity index (χ0v) is 11.9. The summed E-state index contributed by atoms with van der Waals surface area (Å²) < 4.78 is 0. The minimum Gasteiger partial charge on any atom is -0.357 e. The van der Waals surface area contributed by atoms with Gasteiger partial charge in [0, 0.05) is 19.3 Å². The first-order chi connectivity index (χ1) is 8.11. The predicted molar refractivity (Wildman–Crippen MR) is 78.4 cm³/mol. The number of allylic oxidation sites excluding steroid dienone is 2. The first-order valence-corrected chi connectivity index (χ1v) is 6.76. The molecule has 0 N–H and O–H groups in total. The lowest BCUT2D eigenvalue weighted by Gasteiger charge is -2.23. The second kappa shape index (κ2) is 10.1. The zero-order chi connectivity index (χ0) is 13.1. The summed E-state index contributed by atoms with van der Waals surface area (Å²) in [6.07, 6.45) is 9.53. The fraction of sp³-hybridized carbons (Fsp3) is 0.667. The molecule has 0 rings (SSSR count). The Bertz CT molecular complexity index is 252. The van der Waals surface area contributed by atoms with Crippen LogP contribution in [0.25, 0.3) is 0 Å². The summed E-state index contributed by atoms with van der Waals surface area (Å²) in [5, 5.41) is 0. The lowest BCUT2D eigenvalue weighted by atomic mass is 10.2. The number of rotatable bonds is 9. The molecule has 0 saturated heterocycles. The van der Waals surface area contributed by atoms with Crippen LogP contribution in [-0.2, 0) is 0 Å². The highest BCUT2D eigenvalue weighted by molar-refractivity contribution is 5.71. The largest absolute Gasteiger partial charge is 0.357 e. The van der Waals surface area contributed by atoms with Crippen LogP contribution in [0, 0.1) is 5.92 Å². The normalized spacial score (nSPS) is 11.8. The molecule has 0 saturated carbocycles. The molecule has 0 unspecified atom stereocenters. The maximum atomic E-state index is 4.39. The molecule has 0 aromatic rings. The van der Waals surface area contributed by atoms with Crippen molar-refractivity contribution in [1.29, 1.82) is 0 Å². The maximum absolute atomic E-state index is 4.39. The van der Waals surface area contributed by atoms with E-state index in [0.717, 1.165) is 25.3 Å². The van der Waals surface area contributed by atoms with E-state index in [1.807, 2.05) is 12.3 Å². The standard InChI is InChI=1S/C15H28N2/c1-6-8-13-17(12-7-2)15(5)16-11-9-10-14(3)4/h9-11,14H,5-8,12-13H2,1-4H3/b10-9-,16-11-. The Hall–Kier alpha value is -1.05. The van der Waals surface area contributed by atoms with Gasteiger partial charge in [-0.3, -0.25) is 0 Å². The summed E-state index contributed by atoms with van der Waals surface area (Å²) >= 11 is 0. The molecule has 2 heteroatoms. The molecule has 17 heavy (non-hydrogen) atoms. The van der Waals surface area contributed by atoms with Crippen LogP contribution in [0.5, 0.6) is 0 Å². The molecule has 0 aromatic heterocycles. The minimum atomic E-state index is 0.571. The number of aliphatic imine (C=N–C) groups is 1. The highest BCUT2D eigenvalue weighted by atomic mass is 15.2. The van der Waals surface area contributed by atoms with Gasteiger partial charge in [0.25, 0.3) is 0 Å².